The first-order chi connectivity index (χ1) is 13.3. The second kappa shape index (κ2) is 9.40. The van der Waals surface area contributed by atoms with Gasteiger partial charge < -0.3 is 20.6 Å². The lowest BCUT2D eigenvalue weighted by atomic mass is 10.2. The van der Waals surface area contributed by atoms with E-state index in [1.54, 1.807) is 6.21 Å². The van der Waals surface area contributed by atoms with Gasteiger partial charge >= 0.3 is 0 Å². The summed E-state index contributed by atoms with van der Waals surface area (Å²) in [6.45, 7) is 1.06. The van der Waals surface area contributed by atoms with Crippen LogP contribution in [0.25, 0.3) is 10.9 Å². The van der Waals surface area contributed by atoms with Gasteiger partial charge in [0.05, 0.1) is 6.21 Å². The molecule has 0 amide bonds. The third-order valence-electron chi connectivity index (χ3n) is 3.91. The van der Waals surface area contributed by atoms with Crippen LogP contribution in [0.3, 0.4) is 0 Å². The Kier molecular flexibility index (Phi) is 6.43. The monoisotopic (exact) mass is 365 g/mol. The van der Waals surface area contributed by atoms with Crippen LogP contribution >= 0.6 is 0 Å². The predicted molar refractivity (Wildman–Crippen MR) is 108 cm³/mol. The molecule has 7 heteroatoms. The van der Waals surface area contributed by atoms with Gasteiger partial charge in [0.25, 0.3) is 0 Å². The number of benzene rings is 2. The number of guanidine groups is 1. The minimum atomic E-state index is 0.0874. The zero-order chi connectivity index (χ0) is 18.9. The van der Waals surface area contributed by atoms with Crippen LogP contribution in [0, 0.1) is 0 Å². The van der Waals surface area contributed by atoms with Gasteiger partial charge in [0.2, 0.25) is 5.96 Å². The summed E-state index contributed by atoms with van der Waals surface area (Å²) in [6.07, 6.45) is 4.12. The van der Waals surface area contributed by atoms with Crippen LogP contribution in [0.1, 0.15) is 17.5 Å². The summed E-state index contributed by atoms with van der Waals surface area (Å²) in [5.41, 5.74) is 11.4. The number of fused-ring (bicyclic) bond motifs is 1. The van der Waals surface area contributed by atoms with Crippen molar-refractivity contribution in [1.29, 1.82) is 0 Å². The fourth-order valence-corrected chi connectivity index (χ4v) is 2.53. The van der Waals surface area contributed by atoms with Gasteiger partial charge in [-0.15, -0.1) is 0 Å². The van der Waals surface area contributed by atoms with Crippen molar-refractivity contribution in [2.45, 2.75) is 13.0 Å². The summed E-state index contributed by atoms with van der Waals surface area (Å²) < 4.78 is 5.89. The molecule has 2 aromatic carbocycles. The van der Waals surface area contributed by atoms with E-state index in [2.05, 4.69) is 20.5 Å². The Balaban J connectivity index is 1.66. The van der Waals surface area contributed by atoms with Crippen LogP contribution in [0.15, 0.2) is 64.8 Å². The second-order valence-electron chi connectivity index (χ2n) is 5.94. The van der Waals surface area contributed by atoms with Crippen molar-refractivity contribution in [1.82, 2.24) is 10.4 Å². The number of hydrogen-bond donors (Lipinski definition) is 4. The van der Waals surface area contributed by atoms with E-state index < -0.39 is 0 Å². The topological polar surface area (TPSA) is 108 Å². The van der Waals surface area contributed by atoms with Crippen molar-refractivity contribution < 1.29 is 9.84 Å². The molecule has 3 rings (SSSR count). The highest BCUT2D eigenvalue weighted by Gasteiger charge is 2.04. The van der Waals surface area contributed by atoms with E-state index in [4.69, 9.17) is 15.6 Å². The molecule has 140 valence electrons. The highest BCUT2D eigenvalue weighted by atomic mass is 16.5. The average Bonchev–Trinajstić information content (AvgIpc) is 3.10. The van der Waals surface area contributed by atoms with Gasteiger partial charge in [-0.2, -0.15) is 5.10 Å². The zero-order valence-electron chi connectivity index (χ0n) is 14.9. The number of aromatic nitrogens is 1. The minimum absolute atomic E-state index is 0.0874. The molecule has 27 heavy (non-hydrogen) atoms. The molecule has 0 saturated carbocycles. The zero-order valence-corrected chi connectivity index (χ0v) is 14.9. The molecule has 0 atom stereocenters. The number of nitrogens with one attached hydrogen (secondary N) is 2. The fourth-order valence-electron chi connectivity index (χ4n) is 2.53. The first-order valence-electron chi connectivity index (χ1n) is 8.74. The Morgan fingerprint density at radius 3 is 2.89 bits per heavy atom. The lowest BCUT2D eigenvalue weighted by molar-refractivity contribution is 0.291. The van der Waals surface area contributed by atoms with Crippen LogP contribution in [-0.2, 0) is 6.61 Å². The number of nitrogens with zero attached hydrogens (tertiary/aromatic N) is 2. The van der Waals surface area contributed by atoms with E-state index in [0.717, 1.165) is 27.8 Å². The Hall–Kier alpha value is -3.32. The maximum atomic E-state index is 8.73. The van der Waals surface area contributed by atoms with Crippen molar-refractivity contribution >= 4 is 23.1 Å². The molecule has 0 fully saturated rings. The molecule has 7 nitrogen and oxygen atoms in total. The largest absolute Gasteiger partial charge is 0.489 e. The molecule has 0 aliphatic carbocycles. The van der Waals surface area contributed by atoms with Gasteiger partial charge in [0.1, 0.15) is 12.4 Å². The first kappa shape index (κ1) is 18.5. The smallest absolute Gasteiger partial charge is 0.209 e. The molecule has 5 N–H and O–H groups in total. The summed E-state index contributed by atoms with van der Waals surface area (Å²) >= 11 is 0. The highest BCUT2D eigenvalue weighted by molar-refractivity contribution is 5.99. The highest BCUT2D eigenvalue weighted by Crippen LogP contribution is 2.23. The van der Waals surface area contributed by atoms with Crippen molar-refractivity contribution in [2.75, 3.05) is 13.2 Å². The van der Waals surface area contributed by atoms with Gasteiger partial charge in [-0.05, 0) is 30.2 Å². The molecule has 1 heterocycles. The number of aliphatic hydroxyl groups is 1. The van der Waals surface area contributed by atoms with E-state index in [-0.39, 0.29) is 12.6 Å². The number of aromatic amines is 1. The Bertz CT molecular complexity index is 919. The Labute approximate surface area is 157 Å². The summed E-state index contributed by atoms with van der Waals surface area (Å²) in [7, 11) is 0. The van der Waals surface area contributed by atoms with E-state index in [1.807, 2.05) is 54.7 Å². The van der Waals surface area contributed by atoms with Gasteiger partial charge in [0.15, 0.2) is 0 Å². The quantitative estimate of drug-likeness (QED) is 0.213. The molecule has 0 unspecified atom stereocenters. The van der Waals surface area contributed by atoms with E-state index in [9.17, 15) is 0 Å². The first-order valence-corrected chi connectivity index (χ1v) is 8.74. The Morgan fingerprint density at radius 1 is 1.22 bits per heavy atom. The third kappa shape index (κ3) is 5.32. The summed E-state index contributed by atoms with van der Waals surface area (Å²) in [4.78, 5) is 7.25. The number of ether oxygens (including phenoxy) is 1. The van der Waals surface area contributed by atoms with E-state index in [1.165, 1.54) is 0 Å². The average molecular weight is 365 g/mol. The number of hydrogen-bond acceptors (Lipinski definition) is 4. The lowest BCUT2D eigenvalue weighted by Crippen LogP contribution is -2.27. The van der Waals surface area contributed by atoms with Gasteiger partial charge in [-0.1, -0.05) is 30.3 Å². The second-order valence-corrected chi connectivity index (χ2v) is 5.94. The van der Waals surface area contributed by atoms with Gasteiger partial charge in [-0.25, -0.2) is 5.43 Å². The number of rotatable bonds is 8. The molecule has 0 aliphatic rings. The number of nitrogens with two attached hydrogens (primary N) is 1. The van der Waals surface area contributed by atoms with Crippen molar-refractivity contribution in [3.63, 3.8) is 0 Å². The van der Waals surface area contributed by atoms with Crippen molar-refractivity contribution in [3.8, 4) is 5.75 Å². The van der Waals surface area contributed by atoms with Crippen LogP contribution in [0.2, 0.25) is 0 Å². The molecule has 3 aromatic rings. The van der Waals surface area contributed by atoms with Crippen molar-refractivity contribution in [2.24, 2.45) is 15.8 Å². The summed E-state index contributed by atoms with van der Waals surface area (Å²) in [5.74, 6) is 1.00. The number of hydrazone groups is 1. The molecule has 0 aliphatic heterocycles. The van der Waals surface area contributed by atoms with Crippen LogP contribution in [0.5, 0.6) is 5.75 Å². The molecular weight excluding hydrogens is 342 g/mol. The standard InChI is InChI=1S/C20H23N5O2/c21-20(22-9-4-10-26)25-24-13-16-12-23-19-8-7-17(11-18(16)19)27-14-15-5-2-1-3-6-15/h1-3,5-8,11-13,23,26H,4,9-10,14H2,(H3,21,22,25)/b24-13+. The SMILES string of the molecule is NC(=NCCCO)N/N=C/c1c[nH]c2ccc(OCc3ccccc3)cc12. The maximum absolute atomic E-state index is 8.73. The van der Waals surface area contributed by atoms with Crippen LogP contribution in [-0.4, -0.2) is 35.4 Å². The molecular formula is C20H23N5O2. The number of aliphatic imine (C=N–C) groups is 1. The summed E-state index contributed by atoms with van der Waals surface area (Å²) in [6, 6.07) is 15.9. The lowest BCUT2D eigenvalue weighted by Gasteiger charge is -2.06. The molecule has 0 bridgehead atoms. The number of aliphatic hydroxyl groups excluding tert-OH is 1. The normalized spacial score (nSPS) is 12.0. The summed E-state index contributed by atoms with van der Waals surface area (Å²) in [5, 5.41) is 13.8. The van der Waals surface area contributed by atoms with Crippen molar-refractivity contribution in [3.05, 3.63) is 65.9 Å². The van der Waals surface area contributed by atoms with Crippen LogP contribution in [0.4, 0.5) is 0 Å². The van der Waals surface area contributed by atoms with Gasteiger partial charge in [-0.3, -0.25) is 4.99 Å². The molecule has 0 saturated heterocycles. The third-order valence-corrected chi connectivity index (χ3v) is 3.91. The fraction of sp³-hybridized carbons (Fsp3) is 0.200. The minimum Gasteiger partial charge on any atom is -0.489 e. The maximum Gasteiger partial charge on any atom is 0.209 e. The molecule has 0 spiro atoms. The van der Waals surface area contributed by atoms with Crippen LogP contribution < -0.4 is 15.9 Å². The van der Waals surface area contributed by atoms with E-state index >= 15 is 0 Å². The number of H-pyrrole nitrogens is 1. The van der Waals surface area contributed by atoms with Gasteiger partial charge in [0, 0.05) is 35.8 Å². The van der Waals surface area contributed by atoms with E-state index in [0.29, 0.717) is 19.6 Å². The molecule has 0 radical (unpaired) electrons. The Morgan fingerprint density at radius 2 is 2.07 bits per heavy atom. The predicted octanol–water partition coefficient (Wildman–Crippen LogP) is 2.37. The molecule has 1 aromatic heterocycles.